The van der Waals surface area contributed by atoms with E-state index in [0.29, 0.717) is 4.22 Å². The first-order valence-corrected chi connectivity index (χ1v) is 10.3. The molecule has 0 saturated heterocycles. The second-order valence-electron chi connectivity index (χ2n) is 5.92. The Labute approximate surface area is 166 Å². The van der Waals surface area contributed by atoms with Crippen LogP contribution in [0.1, 0.15) is 35.6 Å². The Bertz CT molecular complexity index is 822. The summed E-state index contributed by atoms with van der Waals surface area (Å²) in [5.41, 5.74) is 7.51. The third kappa shape index (κ3) is 3.52. The number of nitrogens with zero attached hydrogens (tertiary/aromatic N) is 1. The van der Waals surface area contributed by atoms with Crippen LogP contribution in [0, 0.1) is 0 Å². The summed E-state index contributed by atoms with van der Waals surface area (Å²) < 4.78 is 4.75. The molecule has 122 valence electrons. The fraction of sp³-hybridized carbons (Fsp3) is 0.211. The average molecular weight is 410 g/mol. The summed E-state index contributed by atoms with van der Waals surface area (Å²) in [6.45, 7) is 4.56. The van der Waals surface area contributed by atoms with Gasteiger partial charge in [0.25, 0.3) is 0 Å². The summed E-state index contributed by atoms with van der Waals surface area (Å²) in [4.78, 5) is 0. The molecule has 2 aliphatic rings. The number of aromatic nitrogens is 1. The summed E-state index contributed by atoms with van der Waals surface area (Å²) in [5.74, 6) is 2.21. The monoisotopic (exact) mass is 409 g/mol. The van der Waals surface area contributed by atoms with Crippen LogP contribution in [0.25, 0.3) is 11.8 Å². The number of benzene rings is 1. The first kappa shape index (κ1) is 19.8. The van der Waals surface area contributed by atoms with Crippen molar-refractivity contribution in [1.29, 1.82) is 0 Å². The van der Waals surface area contributed by atoms with Crippen LogP contribution < -0.4 is 24.8 Å². The molecule has 0 aliphatic heterocycles. The molecule has 0 N–H and O–H groups in total. The normalized spacial score (nSPS) is 18.5. The molecule has 4 rings (SSSR count). The molecule has 2 aliphatic carbocycles. The Hall–Kier alpha value is -0.556. The van der Waals surface area contributed by atoms with Crippen molar-refractivity contribution in [2.24, 2.45) is 0 Å². The van der Waals surface area contributed by atoms with E-state index in [0.717, 1.165) is 0 Å². The van der Waals surface area contributed by atoms with Gasteiger partial charge in [-0.2, -0.15) is 0 Å². The van der Waals surface area contributed by atoms with Crippen molar-refractivity contribution in [3.63, 3.8) is 0 Å². The Morgan fingerprint density at radius 2 is 1.92 bits per heavy atom. The van der Waals surface area contributed by atoms with Gasteiger partial charge in [0.2, 0.25) is 0 Å². The summed E-state index contributed by atoms with van der Waals surface area (Å²) >= 11 is -0.191. The van der Waals surface area contributed by atoms with Crippen LogP contribution in [0.3, 0.4) is 0 Å². The van der Waals surface area contributed by atoms with E-state index in [1.165, 1.54) is 37.2 Å². The van der Waals surface area contributed by atoms with Gasteiger partial charge in [0.15, 0.2) is 0 Å². The molecular weight excluding hydrogens is 392 g/mol. The van der Waals surface area contributed by atoms with Crippen molar-refractivity contribution < 1.29 is 44.0 Å². The largest absolute Gasteiger partial charge is 1.00 e. The smallest absolute Gasteiger partial charge is 1.00 e. The van der Waals surface area contributed by atoms with E-state index in [9.17, 15) is 0 Å². The van der Waals surface area contributed by atoms with Crippen LogP contribution in [0.15, 0.2) is 63.4 Å². The second kappa shape index (κ2) is 8.22. The molecule has 1 aromatic heterocycles. The summed E-state index contributed by atoms with van der Waals surface area (Å²) in [7, 11) is 1.28. The van der Waals surface area contributed by atoms with Gasteiger partial charge in [-0.15, -0.1) is 0 Å². The topological polar surface area (TPSA) is 4.93 Å². The molecule has 0 amide bonds. The first-order valence-electron chi connectivity index (χ1n) is 7.68. The Kier molecular flexibility index (Phi) is 6.77. The fourth-order valence-electron chi connectivity index (χ4n) is 3.22. The van der Waals surface area contributed by atoms with E-state index in [1.807, 2.05) is 0 Å². The van der Waals surface area contributed by atoms with Crippen LogP contribution in [0.4, 0.5) is 0 Å². The number of hydrogen-bond donors (Lipinski definition) is 0. The van der Waals surface area contributed by atoms with E-state index in [4.69, 9.17) is 0 Å². The SMILES string of the molecule is CC1=CC[C]([Ti+2][CH]2C(n3cccp3)=Cc3ccccc32)=C1C.[Cl-].[Cl-]. The molecular formula is C19H18Cl2NPTi. The number of fused-ring (bicyclic) bond motifs is 1. The van der Waals surface area contributed by atoms with Crippen molar-refractivity contribution in [3.8, 4) is 0 Å². The van der Waals surface area contributed by atoms with E-state index in [1.54, 1.807) is 9.45 Å². The standard InChI is InChI=1S/C12H9NP.C7H9.2ClH.Ti/c1-2-5-11-9-12(8-10(11)4-1)13-6-3-7-14-13;1-6-4-3-5-7(6)2;;;/h1-9H;4H,3H2,1-2H3;2*1H;/q;;;;+2/p-2. The number of hydrogen-bond acceptors (Lipinski definition) is 0. The minimum absolute atomic E-state index is 0. The third-order valence-electron chi connectivity index (χ3n) is 4.65. The van der Waals surface area contributed by atoms with E-state index < -0.39 is 0 Å². The number of allylic oxidation sites excluding steroid dienone is 5. The maximum Gasteiger partial charge on any atom is -1.00 e. The molecule has 24 heavy (non-hydrogen) atoms. The van der Waals surface area contributed by atoms with Gasteiger partial charge in [0.05, 0.1) is 0 Å². The predicted molar refractivity (Wildman–Crippen MR) is 91.4 cm³/mol. The van der Waals surface area contributed by atoms with Gasteiger partial charge in [-0.05, 0) is 0 Å². The first-order chi connectivity index (χ1) is 10.7. The Morgan fingerprint density at radius 3 is 2.58 bits per heavy atom. The number of halogens is 2. The molecule has 0 bridgehead atoms. The van der Waals surface area contributed by atoms with Gasteiger partial charge in [0, 0.05) is 0 Å². The molecule has 0 radical (unpaired) electrons. The maximum absolute atomic E-state index is 2.41. The van der Waals surface area contributed by atoms with Gasteiger partial charge < -0.3 is 24.8 Å². The molecule has 0 saturated carbocycles. The summed E-state index contributed by atoms with van der Waals surface area (Å²) in [6.07, 6.45) is 8.21. The van der Waals surface area contributed by atoms with Gasteiger partial charge in [0.1, 0.15) is 0 Å². The van der Waals surface area contributed by atoms with Crippen LogP contribution in [-0.4, -0.2) is 4.33 Å². The van der Waals surface area contributed by atoms with Gasteiger partial charge in [-0.3, -0.25) is 0 Å². The van der Waals surface area contributed by atoms with Gasteiger partial charge in [-0.1, -0.05) is 0 Å². The quantitative estimate of drug-likeness (QED) is 0.620. The van der Waals surface area contributed by atoms with Crippen molar-refractivity contribution in [2.75, 3.05) is 0 Å². The molecule has 1 aromatic carbocycles. The van der Waals surface area contributed by atoms with E-state index >= 15 is 0 Å². The molecule has 0 spiro atoms. The summed E-state index contributed by atoms with van der Waals surface area (Å²) in [6, 6.07) is 11.1. The molecule has 1 nitrogen and oxygen atoms in total. The fourth-order valence-corrected chi connectivity index (χ4v) is 6.91. The summed E-state index contributed by atoms with van der Waals surface area (Å²) in [5, 5.41) is 0. The zero-order valence-corrected chi connectivity index (χ0v) is 17.6. The van der Waals surface area contributed by atoms with Crippen molar-refractivity contribution in [2.45, 2.75) is 24.5 Å². The zero-order valence-electron chi connectivity index (χ0n) is 13.6. The van der Waals surface area contributed by atoms with Crippen LogP contribution >= 0.6 is 8.35 Å². The Morgan fingerprint density at radius 1 is 1.12 bits per heavy atom. The molecule has 0 fully saturated rings. The van der Waals surface area contributed by atoms with Crippen molar-refractivity contribution >= 4 is 20.1 Å². The predicted octanol–water partition coefficient (Wildman–Crippen LogP) is -0.164. The minimum atomic E-state index is -0.191. The van der Waals surface area contributed by atoms with Gasteiger partial charge >= 0.3 is 143 Å². The average Bonchev–Trinajstić information content (AvgIpc) is 3.23. The zero-order chi connectivity index (χ0) is 15.1. The van der Waals surface area contributed by atoms with Crippen molar-refractivity contribution in [3.05, 3.63) is 74.6 Å². The maximum atomic E-state index is 2.41. The van der Waals surface area contributed by atoms with Gasteiger partial charge in [-0.25, -0.2) is 0 Å². The van der Waals surface area contributed by atoms with Crippen LogP contribution in [0.2, 0.25) is 0 Å². The molecule has 5 heteroatoms. The molecule has 1 unspecified atom stereocenters. The molecule has 1 heterocycles. The minimum Gasteiger partial charge on any atom is -1.00 e. The number of rotatable bonds is 3. The molecule has 2 aromatic rings. The molecule has 1 atom stereocenters. The van der Waals surface area contributed by atoms with Crippen molar-refractivity contribution in [1.82, 2.24) is 4.33 Å². The Balaban J connectivity index is 0.00000104. The van der Waals surface area contributed by atoms with E-state index in [-0.39, 0.29) is 44.0 Å². The van der Waals surface area contributed by atoms with E-state index in [2.05, 4.69) is 72.7 Å². The third-order valence-corrected chi connectivity index (χ3v) is 8.42. The van der Waals surface area contributed by atoms with Crippen LogP contribution in [0.5, 0.6) is 0 Å². The van der Waals surface area contributed by atoms with Crippen LogP contribution in [-0.2, 0) is 19.2 Å². The second-order valence-corrected chi connectivity index (χ2v) is 9.18.